The van der Waals surface area contributed by atoms with Crippen molar-refractivity contribution in [2.45, 2.75) is 6.92 Å². The minimum absolute atomic E-state index is 0.132. The second kappa shape index (κ2) is 8.72. The first-order chi connectivity index (χ1) is 12.7. The van der Waals surface area contributed by atoms with Gasteiger partial charge in [0.15, 0.2) is 0 Å². The quantitative estimate of drug-likeness (QED) is 0.630. The fraction of sp³-hybridized carbons (Fsp3) is 0.136. The zero-order valence-corrected chi connectivity index (χ0v) is 14.6. The van der Waals surface area contributed by atoms with Crippen LogP contribution in [0.1, 0.15) is 15.9 Å². The minimum Gasteiger partial charge on any atom is -0.490 e. The van der Waals surface area contributed by atoms with Crippen molar-refractivity contribution in [3.05, 3.63) is 90.0 Å². The third-order valence-electron chi connectivity index (χ3n) is 3.85. The largest absolute Gasteiger partial charge is 0.490 e. The number of aryl methyl sites for hydroxylation is 1. The summed E-state index contributed by atoms with van der Waals surface area (Å²) in [7, 11) is 0. The SMILES string of the molecule is Cc1ccccc1C(=O)Nc1cccc(OCCOc2ccccc2)c1. The van der Waals surface area contributed by atoms with Crippen LogP contribution in [0.3, 0.4) is 0 Å². The number of ether oxygens (including phenoxy) is 2. The molecule has 0 saturated heterocycles. The molecule has 1 N–H and O–H groups in total. The molecule has 1 amide bonds. The molecule has 0 aliphatic rings. The van der Waals surface area contributed by atoms with Gasteiger partial charge in [0.1, 0.15) is 24.7 Å². The van der Waals surface area contributed by atoms with E-state index in [9.17, 15) is 4.79 Å². The highest BCUT2D eigenvalue weighted by atomic mass is 16.5. The molecule has 0 aliphatic carbocycles. The standard InChI is InChI=1S/C22H21NO3/c1-17-8-5-6-13-21(17)22(24)23-18-9-7-12-20(16-18)26-15-14-25-19-10-3-2-4-11-19/h2-13,16H,14-15H2,1H3,(H,23,24). The van der Waals surface area contributed by atoms with E-state index in [1.807, 2.05) is 79.7 Å². The summed E-state index contributed by atoms with van der Waals surface area (Å²) in [5.74, 6) is 1.37. The summed E-state index contributed by atoms with van der Waals surface area (Å²) in [5.41, 5.74) is 2.30. The van der Waals surface area contributed by atoms with Gasteiger partial charge in [-0.25, -0.2) is 0 Å². The number of nitrogens with one attached hydrogen (secondary N) is 1. The van der Waals surface area contributed by atoms with E-state index >= 15 is 0 Å². The molecule has 0 aliphatic heterocycles. The van der Waals surface area contributed by atoms with Crippen LogP contribution in [0, 0.1) is 6.92 Å². The molecule has 3 rings (SSSR count). The maximum absolute atomic E-state index is 12.4. The number of carbonyl (C=O) groups excluding carboxylic acids is 1. The van der Waals surface area contributed by atoms with Gasteiger partial charge in [0.25, 0.3) is 5.91 Å². The number of amides is 1. The first-order valence-corrected chi connectivity index (χ1v) is 8.50. The van der Waals surface area contributed by atoms with Crippen LogP contribution in [0.2, 0.25) is 0 Å². The fourth-order valence-electron chi connectivity index (χ4n) is 2.53. The molecule has 0 bridgehead atoms. The van der Waals surface area contributed by atoms with Crippen LogP contribution >= 0.6 is 0 Å². The van der Waals surface area contributed by atoms with Gasteiger partial charge in [-0.2, -0.15) is 0 Å². The molecule has 0 heterocycles. The molecule has 0 spiro atoms. The lowest BCUT2D eigenvalue weighted by Crippen LogP contribution is -2.13. The Morgan fingerprint density at radius 1 is 0.808 bits per heavy atom. The van der Waals surface area contributed by atoms with Gasteiger partial charge in [-0.1, -0.05) is 42.5 Å². The van der Waals surface area contributed by atoms with Crippen LogP contribution in [0.5, 0.6) is 11.5 Å². The Hall–Kier alpha value is -3.27. The molecule has 4 nitrogen and oxygen atoms in total. The molecule has 26 heavy (non-hydrogen) atoms. The van der Waals surface area contributed by atoms with Crippen molar-refractivity contribution in [1.29, 1.82) is 0 Å². The van der Waals surface area contributed by atoms with E-state index in [-0.39, 0.29) is 5.91 Å². The molecule has 0 unspecified atom stereocenters. The lowest BCUT2D eigenvalue weighted by atomic mass is 10.1. The number of para-hydroxylation sites is 1. The van der Waals surface area contributed by atoms with Gasteiger partial charge in [-0.3, -0.25) is 4.79 Å². The Bertz CT molecular complexity index is 862. The average molecular weight is 347 g/mol. The highest BCUT2D eigenvalue weighted by molar-refractivity contribution is 6.05. The van der Waals surface area contributed by atoms with E-state index < -0.39 is 0 Å². The van der Waals surface area contributed by atoms with Gasteiger partial charge < -0.3 is 14.8 Å². The van der Waals surface area contributed by atoms with Gasteiger partial charge in [-0.05, 0) is 42.8 Å². The third-order valence-corrected chi connectivity index (χ3v) is 3.85. The molecule has 132 valence electrons. The maximum Gasteiger partial charge on any atom is 0.255 e. The average Bonchev–Trinajstić information content (AvgIpc) is 2.67. The lowest BCUT2D eigenvalue weighted by molar-refractivity contribution is 0.102. The van der Waals surface area contributed by atoms with E-state index in [0.29, 0.717) is 30.2 Å². The van der Waals surface area contributed by atoms with Crippen LogP contribution in [0.25, 0.3) is 0 Å². The summed E-state index contributed by atoms with van der Waals surface area (Å²) >= 11 is 0. The number of carbonyl (C=O) groups is 1. The summed E-state index contributed by atoms with van der Waals surface area (Å²) in [6, 6.07) is 24.4. The highest BCUT2D eigenvalue weighted by Crippen LogP contribution is 2.19. The van der Waals surface area contributed by atoms with Gasteiger partial charge >= 0.3 is 0 Å². The van der Waals surface area contributed by atoms with Crippen molar-refractivity contribution in [2.75, 3.05) is 18.5 Å². The Balaban J connectivity index is 1.53. The predicted molar refractivity (Wildman–Crippen MR) is 103 cm³/mol. The molecule has 0 aromatic heterocycles. The van der Waals surface area contributed by atoms with Gasteiger partial charge in [0.2, 0.25) is 0 Å². The van der Waals surface area contributed by atoms with Crippen molar-refractivity contribution in [3.63, 3.8) is 0 Å². The van der Waals surface area contributed by atoms with Crippen LogP contribution in [-0.2, 0) is 0 Å². The van der Waals surface area contributed by atoms with E-state index in [0.717, 1.165) is 11.3 Å². The Morgan fingerprint density at radius 3 is 2.23 bits per heavy atom. The molecule has 0 fully saturated rings. The topological polar surface area (TPSA) is 47.6 Å². The van der Waals surface area contributed by atoms with Crippen LogP contribution < -0.4 is 14.8 Å². The van der Waals surface area contributed by atoms with Crippen molar-refractivity contribution in [3.8, 4) is 11.5 Å². The zero-order valence-electron chi connectivity index (χ0n) is 14.6. The lowest BCUT2D eigenvalue weighted by Gasteiger charge is -2.11. The smallest absolute Gasteiger partial charge is 0.255 e. The molecular formula is C22H21NO3. The summed E-state index contributed by atoms with van der Waals surface area (Å²) in [5, 5.41) is 2.91. The zero-order chi connectivity index (χ0) is 18.2. The monoisotopic (exact) mass is 347 g/mol. The fourth-order valence-corrected chi connectivity index (χ4v) is 2.53. The van der Waals surface area contributed by atoms with Gasteiger partial charge in [0.05, 0.1) is 0 Å². The van der Waals surface area contributed by atoms with Crippen molar-refractivity contribution in [1.82, 2.24) is 0 Å². The molecule has 4 heteroatoms. The Labute approximate surface area is 153 Å². The minimum atomic E-state index is -0.132. The third kappa shape index (κ3) is 4.86. The molecule has 3 aromatic rings. The van der Waals surface area contributed by atoms with Crippen molar-refractivity contribution < 1.29 is 14.3 Å². The molecule has 3 aromatic carbocycles. The predicted octanol–water partition coefficient (Wildman–Crippen LogP) is 4.71. The summed E-state index contributed by atoms with van der Waals surface area (Å²) in [4.78, 5) is 12.4. The molecular weight excluding hydrogens is 326 g/mol. The van der Waals surface area contributed by atoms with Crippen LogP contribution in [0.15, 0.2) is 78.9 Å². The van der Waals surface area contributed by atoms with Gasteiger partial charge in [0, 0.05) is 17.3 Å². The molecule has 0 atom stereocenters. The van der Waals surface area contributed by atoms with E-state index in [4.69, 9.17) is 9.47 Å². The second-order valence-corrected chi connectivity index (χ2v) is 5.81. The summed E-state index contributed by atoms with van der Waals surface area (Å²) in [6.07, 6.45) is 0. The summed E-state index contributed by atoms with van der Waals surface area (Å²) in [6.45, 7) is 2.79. The number of rotatable bonds is 7. The normalized spacial score (nSPS) is 10.2. The first-order valence-electron chi connectivity index (χ1n) is 8.50. The second-order valence-electron chi connectivity index (χ2n) is 5.81. The molecule has 0 saturated carbocycles. The van der Waals surface area contributed by atoms with E-state index in [1.165, 1.54) is 0 Å². The molecule has 0 radical (unpaired) electrons. The maximum atomic E-state index is 12.4. The highest BCUT2D eigenvalue weighted by Gasteiger charge is 2.08. The number of anilines is 1. The van der Waals surface area contributed by atoms with E-state index in [1.54, 1.807) is 6.07 Å². The van der Waals surface area contributed by atoms with E-state index in [2.05, 4.69) is 5.32 Å². The van der Waals surface area contributed by atoms with Gasteiger partial charge in [-0.15, -0.1) is 0 Å². The Kier molecular flexibility index (Phi) is 5.88. The summed E-state index contributed by atoms with van der Waals surface area (Å²) < 4.78 is 11.3. The Morgan fingerprint density at radius 2 is 1.46 bits per heavy atom. The number of hydrogen-bond donors (Lipinski definition) is 1. The van der Waals surface area contributed by atoms with Crippen molar-refractivity contribution >= 4 is 11.6 Å². The first kappa shape index (κ1) is 17.5. The van der Waals surface area contributed by atoms with Crippen LogP contribution in [0.4, 0.5) is 5.69 Å². The number of hydrogen-bond acceptors (Lipinski definition) is 3. The van der Waals surface area contributed by atoms with Crippen LogP contribution in [-0.4, -0.2) is 19.1 Å². The van der Waals surface area contributed by atoms with Crippen molar-refractivity contribution in [2.24, 2.45) is 0 Å². The number of benzene rings is 3.